The second-order valence-electron chi connectivity index (χ2n) is 4.31. The minimum Gasteiger partial charge on any atom is -0.333 e. The van der Waals surface area contributed by atoms with E-state index < -0.39 is 0 Å². The van der Waals surface area contributed by atoms with Crippen molar-refractivity contribution in [3.63, 3.8) is 0 Å². The van der Waals surface area contributed by atoms with Gasteiger partial charge in [0.25, 0.3) is 0 Å². The molecule has 0 aliphatic carbocycles. The van der Waals surface area contributed by atoms with Crippen LogP contribution in [0.3, 0.4) is 0 Å². The molecule has 0 radical (unpaired) electrons. The fourth-order valence-corrected chi connectivity index (χ4v) is 1.58. The highest BCUT2D eigenvalue weighted by atomic mass is 127. The molecule has 0 aliphatic heterocycles. The SMILES string of the molecule is CC(C)(C)NC(=O)Nc1ccccc1I. The second kappa shape index (κ2) is 4.83. The summed E-state index contributed by atoms with van der Waals surface area (Å²) in [5.41, 5.74) is 0.615. The molecule has 1 aromatic carbocycles. The van der Waals surface area contributed by atoms with Crippen molar-refractivity contribution in [2.24, 2.45) is 0 Å². The number of benzene rings is 1. The highest BCUT2D eigenvalue weighted by Crippen LogP contribution is 2.16. The lowest BCUT2D eigenvalue weighted by molar-refractivity contribution is 0.244. The van der Waals surface area contributed by atoms with Crippen LogP contribution in [0.25, 0.3) is 0 Å². The molecule has 0 saturated carbocycles. The summed E-state index contributed by atoms with van der Waals surface area (Å²) in [5.74, 6) is 0. The topological polar surface area (TPSA) is 41.1 Å². The Labute approximate surface area is 104 Å². The van der Waals surface area contributed by atoms with Gasteiger partial charge in [-0.15, -0.1) is 0 Å². The first-order valence-corrected chi connectivity index (χ1v) is 5.80. The minimum absolute atomic E-state index is 0.174. The highest BCUT2D eigenvalue weighted by molar-refractivity contribution is 14.1. The van der Waals surface area contributed by atoms with Gasteiger partial charge < -0.3 is 10.6 Å². The van der Waals surface area contributed by atoms with E-state index in [1.54, 1.807) is 0 Å². The molecule has 0 atom stereocenters. The summed E-state index contributed by atoms with van der Waals surface area (Å²) in [6.45, 7) is 5.84. The molecule has 0 saturated heterocycles. The average molecular weight is 318 g/mol. The van der Waals surface area contributed by atoms with Gasteiger partial charge in [0, 0.05) is 9.11 Å². The number of amides is 2. The number of carbonyl (C=O) groups is 1. The van der Waals surface area contributed by atoms with Gasteiger partial charge in [-0.2, -0.15) is 0 Å². The molecule has 0 aromatic heterocycles. The van der Waals surface area contributed by atoms with E-state index in [9.17, 15) is 4.79 Å². The second-order valence-corrected chi connectivity index (χ2v) is 5.47. The Kier molecular flexibility index (Phi) is 3.96. The highest BCUT2D eigenvalue weighted by Gasteiger charge is 2.13. The van der Waals surface area contributed by atoms with Gasteiger partial charge in [0.2, 0.25) is 0 Å². The van der Waals surface area contributed by atoms with Crippen molar-refractivity contribution in [3.8, 4) is 0 Å². The van der Waals surface area contributed by atoms with Crippen LogP contribution in [-0.4, -0.2) is 11.6 Å². The molecule has 15 heavy (non-hydrogen) atoms. The summed E-state index contributed by atoms with van der Waals surface area (Å²) in [5, 5.41) is 5.65. The zero-order valence-corrected chi connectivity index (χ0v) is 11.3. The quantitative estimate of drug-likeness (QED) is 0.767. The number of urea groups is 1. The smallest absolute Gasteiger partial charge is 0.319 e. The van der Waals surface area contributed by atoms with Crippen molar-refractivity contribution in [3.05, 3.63) is 27.8 Å². The van der Waals surface area contributed by atoms with Crippen LogP contribution in [0.4, 0.5) is 10.5 Å². The van der Waals surface area contributed by atoms with E-state index in [1.165, 1.54) is 0 Å². The van der Waals surface area contributed by atoms with Crippen LogP contribution in [0.5, 0.6) is 0 Å². The summed E-state index contributed by atoms with van der Waals surface area (Å²) in [7, 11) is 0. The maximum absolute atomic E-state index is 11.6. The molecule has 0 heterocycles. The minimum atomic E-state index is -0.218. The van der Waals surface area contributed by atoms with Crippen molar-refractivity contribution in [2.45, 2.75) is 26.3 Å². The fourth-order valence-electron chi connectivity index (χ4n) is 1.06. The average Bonchev–Trinajstić information content (AvgIpc) is 2.05. The number of para-hydroxylation sites is 1. The number of hydrogen-bond donors (Lipinski definition) is 2. The number of nitrogens with one attached hydrogen (secondary N) is 2. The predicted octanol–water partition coefficient (Wildman–Crippen LogP) is 3.21. The van der Waals surface area contributed by atoms with Gasteiger partial charge in [-0.3, -0.25) is 0 Å². The first-order valence-electron chi connectivity index (χ1n) is 4.72. The van der Waals surface area contributed by atoms with E-state index in [-0.39, 0.29) is 11.6 Å². The third-order valence-corrected chi connectivity index (χ3v) is 2.55. The lowest BCUT2D eigenvalue weighted by atomic mass is 10.1. The molecule has 4 heteroatoms. The maximum Gasteiger partial charge on any atom is 0.319 e. The number of carbonyl (C=O) groups excluding carboxylic acids is 1. The Hall–Kier alpha value is -0.780. The van der Waals surface area contributed by atoms with Crippen LogP contribution in [0.1, 0.15) is 20.8 Å². The standard InChI is InChI=1S/C11H15IN2O/c1-11(2,3)14-10(15)13-9-7-5-4-6-8(9)12/h4-7H,1-3H3,(H2,13,14,15). The van der Waals surface area contributed by atoms with Crippen LogP contribution in [0, 0.1) is 3.57 Å². The Morgan fingerprint density at radius 1 is 1.27 bits per heavy atom. The van der Waals surface area contributed by atoms with Gasteiger partial charge in [-0.25, -0.2) is 4.79 Å². The molecule has 82 valence electrons. The molecule has 2 N–H and O–H groups in total. The van der Waals surface area contributed by atoms with Gasteiger partial charge in [0.15, 0.2) is 0 Å². The molecule has 3 nitrogen and oxygen atoms in total. The third-order valence-electron chi connectivity index (χ3n) is 1.61. The van der Waals surface area contributed by atoms with Crippen LogP contribution >= 0.6 is 22.6 Å². The van der Waals surface area contributed by atoms with E-state index in [1.807, 2.05) is 45.0 Å². The molecule has 0 aliphatic rings. The Balaban J connectivity index is 2.64. The van der Waals surface area contributed by atoms with Gasteiger partial charge in [0.1, 0.15) is 0 Å². The number of rotatable bonds is 1. The van der Waals surface area contributed by atoms with Crippen LogP contribution in [0.2, 0.25) is 0 Å². The normalized spacial score (nSPS) is 10.9. The summed E-state index contributed by atoms with van der Waals surface area (Å²) < 4.78 is 1.03. The Bertz CT molecular complexity index is 358. The zero-order chi connectivity index (χ0) is 11.5. The van der Waals surface area contributed by atoms with Gasteiger partial charge >= 0.3 is 6.03 Å². The largest absolute Gasteiger partial charge is 0.333 e. The van der Waals surface area contributed by atoms with Crippen LogP contribution < -0.4 is 10.6 Å². The van der Waals surface area contributed by atoms with E-state index >= 15 is 0 Å². The molecular formula is C11H15IN2O. The van der Waals surface area contributed by atoms with Crippen molar-refractivity contribution in [1.82, 2.24) is 5.32 Å². The molecule has 0 bridgehead atoms. The predicted molar refractivity (Wildman–Crippen MR) is 71.1 cm³/mol. The molecule has 0 unspecified atom stereocenters. The van der Waals surface area contributed by atoms with Crippen LogP contribution in [0.15, 0.2) is 24.3 Å². The van der Waals surface area contributed by atoms with Gasteiger partial charge in [-0.1, -0.05) is 12.1 Å². The van der Waals surface area contributed by atoms with Crippen molar-refractivity contribution < 1.29 is 4.79 Å². The van der Waals surface area contributed by atoms with E-state index in [0.29, 0.717) is 0 Å². The van der Waals surface area contributed by atoms with Crippen molar-refractivity contribution in [2.75, 3.05) is 5.32 Å². The molecule has 1 rings (SSSR count). The number of anilines is 1. The van der Waals surface area contributed by atoms with E-state index in [2.05, 4.69) is 33.2 Å². The van der Waals surface area contributed by atoms with Gasteiger partial charge in [0.05, 0.1) is 5.69 Å². The Morgan fingerprint density at radius 2 is 1.87 bits per heavy atom. The van der Waals surface area contributed by atoms with Crippen molar-refractivity contribution in [1.29, 1.82) is 0 Å². The summed E-state index contributed by atoms with van der Waals surface area (Å²) >= 11 is 2.19. The lowest BCUT2D eigenvalue weighted by Crippen LogP contribution is -2.43. The Morgan fingerprint density at radius 3 is 2.40 bits per heavy atom. The number of halogens is 1. The summed E-state index contributed by atoms with van der Waals surface area (Å²) in [6, 6.07) is 7.49. The molecule has 0 fully saturated rings. The third kappa shape index (κ3) is 4.51. The summed E-state index contributed by atoms with van der Waals surface area (Å²) in [6.07, 6.45) is 0. The first-order chi connectivity index (χ1) is 6.88. The van der Waals surface area contributed by atoms with E-state index in [0.717, 1.165) is 9.26 Å². The van der Waals surface area contributed by atoms with Crippen molar-refractivity contribution >= 4 is 34.3 Å². The summed E-state index contributed by atoms with van der Waals surface area (Å²) in [4.78, 5) is 11.6. The molecular weight excluding hydrogens is 303 g/mol. The fraction of sp³-hybridized carbons (Fsp3) is 0.364. The zero-order valence-electron chi connectivity index (χ0n) is 9.10. The molecule has 0 spiro atoms. The van der Waals surface area contributed by atoms with Gasteiger partial charge in [-0.05, 0) is 55.5 Å². The van der Waals surface area contributed by atoms with Crippen LogP contribution in [-0.2, 0) is 0 Å². The number of hydrogen-bond acceptors (Lipinski definition) is 1. The maximum atomic E-state index is 11.6. The molecule has 1 aromatic rings. The first kappa shape index (κ1) is 12.3. The monoisotopic (exact) mass is 318 g/mol. The lowest BCUT2D eigenvalue weighted by Gasteiger charge is -2.21. The van der Waals surface area contributed by atoms with E-state index in [4.69, 9.17) is 0 Å². The molecule has 2 amide bonds.